The molecule has 0 atom stereocenters. The van der Waals surface area contributed by atoms with E-state index in [-0.39, 0.29) is 27.1 Å². The van der Waals surface area contributed by atoms with Crippen molar-refractivity contribution in [1.82, 2.24) is 9.78 Å². The lowest BCUT2D eigenvalue weighted by Crippen LogP contribution is -2.14. The molecule has 2 N–H and O–H groups in total. The number of hydrogen-bond acceptors (Lipinski definition) is 3. The summed E-state index contributed by atoms with van der Waals surface area (Å²) in [5.41, 5.74) is 1.00. The Bertz CT molecular complexity index is 1250. The molecule has 0 bridgehead atoms. The highest BCUT2D eigenvalue weighted by atomic mass is 35.5. The number of nitrogens with zero attached hydrogens (tertiary/aromatic N) is 1. The second-order valence-corrected chi connectivity index (χ2v) is 11.2. The van der Waals surface area contributed by atoms with E-state index in [0.29, 0.717) is 33.5 Å². The lowest BCUT2D eigenvalue weighted by molar-refractivity contribution is 0.0979. The highest BCUT2D eigenvalue weighted by Crippen LogP contribution is 2.32. The number of aromatic nitrogens is 2. The fourth-order valence-electron chi connectivity index (χ4n) is 4.41. The van der Waals surface area contributed by atoms with Gasteiger partial charge < -0.3 is 5.32 Å². The lowest BCUT2D eigenvalue weighted by atomic mass is 10.0. The van der Waals surface area contributed by atoms with E-state index < -0.39 is 0 Å². The summed E-state index contributed by atoms with van der Waals surface area (Å²) in [4.78, 5) is 25.4. The molecular weight excluding hydrogens is 564 g/mol. The minimum atomic E-state index is -0.376. The van der Waals surface area contributed by atoms with Crippen LogP contribution in [-0.2, 0) is 0 Å². The molecule has 0 saturated heterocycles. The van der Waals surface area contributed by atoms with E-state index in [4.69, 9.17) is 46.4 Å². The summed E-state index contributed by atoms with van der Waals surface area (Å²) in [6, 6.07) is 9.49. The van der Waals surface area contributed by atoms with Gasteiger partial charge in [-0.3, -0.25) is 14.7 Å². The van der Waals surface area contributed by atoms with Gasteiger partial charge in [0.15, 0.2) is 5.78 Å². The van der Waals surface area contributed by atoms with Gasteiger partial charge in [0.1, 0.15) is 11.5 Å². The van der Waals surface area contributed by atoms with Crippen molar-refractivity contribution >= 4 is 63.7 Å². The number of hydrogen-bond donors (Lipinski definition) is 2. The molecule has 38 heavy (non-hydrogen) atoms. The SMILES string of the molecule is CCCCCCCCCCCCCC(=O)c1ccc(Cl)c(Nc2cc(=O)n(-c3c(Cl)cc(Cl)cc3Cl)[nH]2)c1. The summed E-state index contributed by atoms with van der Waals surface area (Å²) < 4.78 is 1.22. The smallest absolute Gasteiger partial charge is 0.273 e. The van der Waals surface area contributed by atoms with Crippen LogP contribution in [0.25, 0.3) is 5.69 Å². The average Bonchev–Trinajstić information content (AvgIpc) is 3.22. The number of carbonyl (C=O) groups is 1. The minimum absolute atomic E-state index is 0.0754. The van der Waals surface area contributed by atoms with Crippen LogP contribution in [0.2, 0.25) is 20.1 Å². The molecule has 0 spiro atoms. The first-order chi connectivity index (χ1) is 18.3. The Balaban J connectivity index is 1.52. The summed E-state index contributed by atoms with van der Waals surface area (Å²) in [6.07, 6.45) is 14.1. The molecule has 0 aliphatic rings. The van der Waals surface area contributed by atoms with Gasteiger partial charge in [-0.2, -0.15) is 0 Å². The van der Waals surface area contributed by atoms with Gasteiger partial charge in [0.05, 0.1) is 20.8 Å². The Morgan fingerprint density at radius 2 is 1.37 bits per heavy atom. The molecular formula is C29H35Cl4N3O2. The summed E-state index contributed by atoms with van der Waals surface area (Å²) >= 11 is 24.9. The van der Waals surface area contributed by atoms with E-state index in [1.54, 1.807) is 18.2 Å². The summed E-state index contributed by atoms with van der Waals surface area (Å²) in [5, 5.41) is 7.27. The summed E-state index contributed by atoms with van der Waals surface area (Å²) in [7, 11) is 0. The molecule has 0 unspecified atom stereocenters. The van der Waals surface area contributed by atoms with Crippen LogP contribution in [0.15, 0.2) is 41.2 Å². The van der Waals surface area contributed by atoms with Crippen LogP contribution in [0.4, 0.5) is 11.5 Å². The number of ketones is 1. The third kappa shape index (κ3) is 9.08. The Hall–Kier alpha value is -1.92. The van der Waals surface area contributed by atoms with E-state index in [9.17, 15) is 9.59 Å². The molecule has 0 aliphatic carbocycles. The molecule has 0 radical (unpaired) electrons. The number of carbonyl (C=O) groups excluding carboxylic acids is 1. The second-order valence-electron chi connectivity index (χ2n) is 9.59. The number of benzene rings is 2. The van der Waals surface area contributed by atoms with Crippen molar-refractivity contribution < 1.29 is 4.79 Å². The monoisotopic (exact) mass is 597 g/mol. The standard InChI is InChI=1S/C29H35Cl4N3O2/c1-2-3-4-5-6-7-8-9-10-11-12-13-26(37)20-14-15-22(31)25(16-20)34-27-19-28(38)36(35-27)29-23(32)17-21(30)18-24(29)33/h14-19,34-35H,2-13H2,1H3. The maximum absolute atomic E-state index is 12.8. The van der Waals surface area contributed by atoms with Crippen molar-refractivity contribution in [3.8, 4) is 5.69 Å². The summed E-state index contributed by atoms with van der Waals surface area (Å²) in [6.45, 7) is 2.24. The van der Waals surface area contributed by atoms with Gasteiger partial charge in [0.25, 0.3) is 5.56 Å². The first-order valence-corrected chi connectivity index (χ1v) is 14.9. The number of nitrogens with one attached hydrogen (secondary N) is 2. The highest BCUT2D eigenvalue weighted by Gasteiger charge is 2.15. The zero-order valence-corrected chi connectivity index (χ0v) is 24.7. The molecule has 9 heteroatoms. The van der Waals surface area contributed by atoms with Crippen molar-refractivity contribution in [2.24, 2.45) is 0 Å². The molecule has 1 aromatic heterocycles. The topological polar surface area (TPSA) is 66.9 Å². The zero-order chi connectivity index (χ0) is 27.5. The fraction of sp³-hybridized carbons (Fsp3) is 0.448. The Morgan fingerprint density at radius 3 is 1.97 bits per heavy atom. The van der Waals surface area contributed by atoms with Gasteiger partial charge in [-0.05, 0) is 36.8 Å². The molecule has 0 saturated carbocycles. The van der Waals surface area contributed by atoms with Crippen LogP contribution in [0, 0.1) is 0 Å². The molecule has 1 heterocycles. The number of anilines is 2. The van der Waals surface area contributed by atoms with Gasteiger partial charge in [-0.25, -0.2) is 4.68 Å². The number of aromatic amines is 1. The maximum atomic E-state index is 12.8. The highest BCUT2D eigenvalue weighted by molar-refractivity contribution is 6.40. The maximum Gasteiger partial charge on any atom is 0.273 e. The molecule has 206 valence electrons. The minimum Gasteiger partial charge on any atom is -0.339 e. The van der Waals surface area contributed by atoms with Gasteiger partial charge in [-0.1, -0.05) is 118 Å². The lowest BCUT2D eigenvalue weighted by Gasteiger charge is -2.10. The molecule has 3 aromatic rings. The number of H-pyrrole nitrogens is 1. The van der Waals surface area contributed by atoms with Crippen molar-refractivity contribution in [2.45, 2.75) is 84.0 Å². The number of unbranched alkanes of at least 4 members (excludes halogenated alkanes) is 10. The Labute approximate surface area is 244 Å². The Morgan fingerprint density at radius 1 is 0.789 bits per heavy atom. The van der Waals surface area contributed by atoms with E-state index in [2.05, 4.69) is 17.3 Å². The van der Waals surface area contributed by atoms with Crippen molar-refractivity contribution in [1.29, 1.82) is 0 Å². The predicted molar refractivity (Wildman–Crippen MR) is 162 cm³/mol. The average molecular weight is 599 g/mol. The number of halogens is 4. The number of Topliss-reactive ketones (excluding diaryl/α,β-unsaturated/α-hetero) is 1. The van der Waals surface area contributed by atoms with Gasteiger partial charge in [-0.15, -0.1) is 0 Å². The van der Waals surface area contributed by atoms with Crippen molar-refractivity contribution in [3.05, 3.63) is 72.4 Å². The molecule has 0 amide bonds. The third-order valence-electron chi connectivity index (χ3n) is 6.49. The second kappa shape index (κ2) is 15.6. The third-order valence-corrected chi connectivity index (χ3v) is 7.61. The van der Waals surface area contributed by atoms with Crippen molar-refractivity contribution in [3.63, 3.8) is 0 Å². The predicted octanol–water partition coefficient (Wildman–Crippen LogP) is 10.4. The first-order valence-electron chi connectivity index (χ1n) is 13.4. The van der Waals surface area contributed by atoms with E-state index in [0.717, 1.165) is 12.8 Å². The van der Waals surface area contributed by atoms with E-state index in [1.165, 1.54) is 80.7 Å². The first kappa shape index (κ1) is 30.6. The number of rotatable bonds is 16. The summed E-state index contributed by atoms with van der Waals surface area (Å²) in [5.74, 6) is 0.445. The quantitative estimate of drug-likeness (QED) is 0.127. The normalized spacial score (nSPS) is 11.2. The fourth-order valence-corrected chi connectivity index (χ4v) is 5.56. The van der Waals surface area contributed by atoms with Gasteiger partial charge in [0, 0.05) is 23.1 Å². The van der Waals surface area contributed by atoms with Crippen LogP contribution in [0.5, 0.6) is 0 Å². The van der Waals surface area contributed by atoms with Crippen LogP contribution in [-0.4, -0.2) is 15.6 Å². The Kier molecular flexibility index (Phi) is 12.6. The van der Waals surface area contributed by atoms with E-state index in [1.807, 2.05) is 0 Å². The van der Waals surface area contributed by atoms with E-state index >= 15 is 0 Å². The van der Waals surface area contributed by atoms with Gasteiger partial charge >= 0.3 is 0 Å². The molecule has 5 nitrogen and oxygen atoms in total. The van der Waals surface area contributed by atoms with Crippen LogP contribution in [0.1, 0.15) is 94.3 Å². The zero-order valence-electron chi connectivity index (χ0n) is 21.7. The van der Waals surface area contributed by atoms with Crippen LogP contribution < -0.4 is 10.9 Å². The molecule has 3 rings (SSSR count). The molecule has 0 fully saturated rings. The van der Waals surface area contributed by atoms with Crippen LogP contribution in [0.3, 0.4) is 0 Å². The largest absolute Gasteiger partial charge is 0.339 e. The van der Waals surface area contributed by atoms with Crippen LogP contribution >= 0.6 is 46.4 Å². The van der Waals surface area contributed by atoms with Crippen molar-refractivity contribution in [2.75, 3.05) is 5.32 Å². The molecule has 2 aromatic carbocycles. The van der Waals surface area contributed by atoms with Gasteiger partial charge in [0.2, 0.25) is 0 Å². The molecule has 0 aliphatic heterocycles.